The molecule has 0 bridgehead atoms. The van der Waals surface area contributed by atoms with Crippen LogP contribution in [-0.4, -0.2) is 38.9 Å². The first-order valence-corrected chi connectivity index (χ1v) is 9.15. The summed E-state index contributed by atoms with van der Waals surface area (Å²) in [7, 11) is -2.21. The first-order valence-electron chi connectivity index (χ1n) is 6.11. The molecule has 0 saturated carbocycles. The number of likely N-dealkylation sites (N-methyl/N-ethyl adjacent to an activating group) is 1. The molecule has 1 N–H and O–H groups in total. The van der Waals surface area contributed by atoms with E-state index >= 15 is 0 Å². The van der Waals surface area contributed by atoms with E-state index in [0.29, 0.717) is 23.9 Å². The summed E-state index contributed by atoms with van der Waals surface area (Å²) in [4.78, 5) is 12.8. The first kappa shape index (κ1) is 17.0. The zero-order chi connectivity index (χ0) is 15.8. The Morgan fingerprint density at radius 2 is 1.90 bits per heavy atom. The fourth-order valence-electron chi connectivity index (χ4n) is 2.17. The minimum absolute atomic E-state index is 0.00477. The topological polar surface area (TPSA) is 66.5 Å². The number of halogens is 3. The Kier molecular flexibility index (Phi) is 5.20. The van der Waals surface area contributed by atoms with E-state index in [9.17, 15) is 13.2 Å². The fourth-order valence-corrected chi connectivity index (χ4v) is 5.37. The second kappa shape index (κ2) is 6.42. The molecule has 1 aliphatic heterocycles. The number of nitrogens with zero attached hydrogens (tertiary/aromatic N) is 1. The number of nitrogens with one attached hydrogen (secondary N) is 1. The maximum atomic E-state index is 12.4. The Morgan fingerprint density at radius 1 is 1.33 bits per heavy atom. The van der Waals surface area contributed by atoms with Crippen LogP contribution in [0.15, 0.2) is 21.5 Å². The van der Waals surface area contributed by atoms with Crippen molar-refractivity contribution in [1.29, 1.82) is 0 Å². The maximum Gasteiger partial charge on any atom is 0.243 e. The molecule has 1 fully saturated rings. The molecule has 21 heavy (non-hydrogen) atoms. The highest BCUT2D eigenvalue weighted by Crippen LogP contribution is 2.33. The van der Waals surface area contributed by atoms with Crippen LogP contribution in [0.4, 0.5) is 0 Å². The Labute approximate surface area is 141 Å². The normalized spacial score (nSPS) is 19.9. The average Bonchev–Trinajstić information content (AvgIpc) is 2.31. The number of likely N-dealkylation sites (tertiary alicyclic amines) is 1. The second-order valence-corrected chi connectivity index (χ2v) is 8.21. The van der Waals surface area contributed by atoms with Crippen LogP contribution in [0, 0.1) is 0 Å². The minimum atomic E-state index is -3.85. The molecule has 1 saturated heterocycles. The Bertz CT molecular complexity index is 658. The lowest BCUT2D eigenvalue weighted by atomic mass is 10.1. The van der Waals surface area contributed by atoms with Crippen LogP contribution in [0.25, 0.3) is 0 Å². The number of hydrogen-bond acceptors (Lipinski definition) is 3. The molecular weight excluding hydrogens is 403 g/mol. The van der Waals surface area contributed by atoms with E-state index in [0.717, 1.165) is 0 Å². The van der Waals surface area contributed by atoms with Gasteiger partial charge in [0, 0.05) is 30.5 Å². The summed E-state index contributed by atoms with van der Waals surface area (Å²) >= 11 is 15.2. The van der Waals surface area contributed by atoms with Gasteiger partial charge in [-0.2, -0.15) is 0 Å². The maximum absolute atomic E-state index is 12.4. The van der Waals surface area contributed by atoms with Gasteiger partial charge in [0.2, 0.25) is 15.9 Å². The predicted octanol–water partition coefficient (Wildman–Crippen LogP) is 2.66. The molecule has 116 valence electrons. The van der Waals surface area contributed by atoms with Gasteiger partial charge in [0.25, 0.3) is 0 Å². The van der Waals surface area contributed by atoms with Gasteiger partial charge in [0.05, 0.1) is 10.0 Å². The molecule has 2 rings (SSSR count). The lowest BCUT2D eigenvalue weighted by Crippen LogP contribution is -2.48. The molecule has 1 aliphatic rings. The van der Waals surface area contributed by atoms with Crippen molar-refractivity contribution in [3.63, 3.8) is 0 Å². The van der Waals surface area contributed by atoms with Crippen molar-refractivity contribution in [3.05, 3.63) is 26.7 Å². The lowest BCUT2D eigenvalue weighted by molar-refractivity contribution is -0.132. The largest absolute Gasteiger partial charge is 0.344 e. The van der Waals surface area contributed by atoms with E-state index in [1.165, 1.54) is 17.0 Å². The summed E-state index contributed by atoms with van der Waals surface area (Å²) < 4.78 is 28.0. The standard InChI is InChI=1S/C12H13BrCl2N2O3S/c1-17-6-8(2-3-11(17)18)16-21(19,20)12-9(14)4-7(13)5-10(12)15/h4-5,8,16H,2-3,6H2,1H3. The molecule has 1 amide bonds. The molecule has 9 heteroatoms. The van der Waals surface area contributed by atoms with Crippen molar-refractivity contribution in [2.45, 2.75) is 23.8 Å². The SMILES string of the molecule is CN1CC(NS(=O)(=O)c2c(Cl)cc(Br)cc2Cl)CCC1=O. The van der Waals surface area contributed by atoms with Gasteiger partial charge in [0.1, 0.15) is 4.90 Å². The van der Waals surface area contributed by atoms with Crippen molar-refractivity contribution >= 4 is 55.1 Å². The number of hydrogen-bond donors (Lipinski definition) is 1. The van der Waals surface area contributed by atoms with Gasteiger partial charge in [-0.3, -0.25) is 4.79 Å². The number of sulfonamides is 1. The van der Waals surface area contributed by atoms with Crippen LogP contribution in [0.5, 0.6) is 0 Å². The van der Waals surface area contributed by atoms with Crippen molar-refractivity contribution in [2.75, 3.05) is 13.6 Å². The molecule has 1 aromatic carbocycles. The summed E-state index contributed by atoms with van der Waals surface area (Å²) in [6, 6.07) is 2.59. The number of carbonyl (C=O) groups is 1. The van der Waals surface area contributed by atoms with Gasteiger partial charge in [-0.1, -0.05) is 39.1 Å². The van der Waals surface area contributed by atoms with Crippen molar-refractivity contribution in [1.82, 2.24) is 9.62 Å². The monoisotopic (exact) mass is 414 g/mol. The Morgan fingerprint density at radius 3 is 2.43 bits per heavy atom. The van der Waals surface area contributed by atoms with E-state index in [-0.39, 0.29) is 26.9 Å². The summed E-state index contributed by atoms with van der Waals surface area (Å²) in [5.74, 6) is 0.00477. The number of rotatable bonds is 3. The van der Waals surface area contributed by atoms with Crippen LogP contribution < -0.4 is 4.72 Å². The van der Waals surface area contributed by atoms with Crippen molar-refractivity contribution < 1.29 is 13.2 Å². The molecule has 1 aromatic rings. The molecule has 0 spiro atoms. The van der Waals surface area contributed by atoms with E-state index < -0.39 is 10.0 Å². The molecule has 1 unspecified atom stereocenters. The number of piperidine rings is 1. The molecule has 1 heterocycles. The van der Waals surface area contributed by atoms with E-state index in [1.807, 2.05) is 0 Å². The van der Waals surface area contributed by atoms with E-state index in [4.69, 9.17) is 23.2 Å². The van der Waals surface area contributed by atoms with Gasteiger partial charge in [-0.15, -0.1) is 0 Å². The van der Waals surface area contributed by atoms with Gasteiger partial charge in [-0.25, -0.2) is 13.1 Å². The van der Waals surface area contributed by atoms with Crippen LogP contribution >= 0.6 is 39.1 Å². The van der Waals surface area contributed by atoms with Crippen LogP contribution in [-0.2, 0) is 14.8 Å². The number of benzene rings is 1. The summed E-state index contributed by atoms with van der Waals surface area (Å²) in [6.07, 6.45) is 0.764. The van der Waals surface area contributed by atoms with Crippen LogP contribution in [0.1, 0.15) is 12.8 Å². The molecule has 0 aromatic heterocycles. The van der Waals surface area contributed by atoms with Gasteiger partial charge < -0.3 is 4.90 Å². The quantitative estimate of drug-likeness (QED) is 0.825. The third-order valence-electron chi connectivity index (χ3n) is 3.18. The minimum Gasteiger partial charge on any atom is -0.344 e. The van der Waals surface area contributed by atoms with Crippen LogP contribution in [0.3, 0.4) is 0 Å². The molecule has 5 nitrogen and oxygen atoms in total. The molecule has 0 radical (unpaired) electrons. The lowest BCUT2D eigenvalue weighted by Gasteiger charge is -2.30. The summed E-state index contributed by atoms with van der Waals surface area (Å²) in [5, 5.41) is 0.0873. The smallest absolute Gasteiger partial charge is 0.243 e. The van der Waals surface area contributed by atoms with Crippen LogP contribution in [0.2, 0.25) is 10.0 Å². The number of amides is 1. The average molecular weight is 416 g/mol. The summed E-state index contributed by atoms with van der Waals surface area (Å²) in [5.41, 5.74) is 0. The fraction of sp³-hybridized carbons (Fsp3) is 0.417. The third-order valence-corrected chi connectivity index (χ3v) is 6.08. The van der Waals surface area contributed by atoms with Crippen molar-refractivity contribution in [3.8, 4) is 0 Å². The van der Waals surface area contributed by atoms with Gasteiger partial charge in [-0.05, 0) is 18.6 Å². The van der Waals surface area contributed by atoms with E-state index in [1.54, 1.807) is 7.05 Å². The molecular formula is C12H13BrCl2N2O3S. The zero-order valence-electron chi connectivity index (χ0n) is 11.1. The highest BCUT2D eigenvalue weighted by atomic mass is 79.9. The molecule has 0 aliphatic carbocycles. The van der Waals surface area contributed by atoms with E-state index in [2.05, 4.69) is 20.7 Å². The Balaban J connectivity index is 2.25. The first-order chi connectivity index (χ1) is 9.70. The van der Waals surface area contributed by atoms with Gasteiger partial charge >= 0.3 is 0 Å². The predicted molar refractivity (Wildman–Crippen MR) is 85.1 cm³/mol. The molecule has 1 atom stereocenters. The third kappa shape index (κ3) is 3.90. The highest BCUT2D eigenvalue weighted by molar-refractivity contribution is 9.10. The second-order valence-electron chi connectivity index (χ2n) is 4.83. The Hall–Kier alpha value is -0.340. The highest BCUT2D eigenvalue weighted by Gasteiger charge is 2.29. The number of carbonyl (C=O) groups excluding carboxylic acids is 1. The zero-order valence-corrected chi connectivity index (χ0v) is 15.0. The van der Waals surface area contributed by atoms with Crippen molar-refractivity contribution in [2.24, 2.45) is 0 Å². The summed E-state index contributed by atoms with van der Waals surface area (Å²) in [6.45, 7) is 0.323. The van der Waals surface area contributed by atoms with Gasteiger partial charge in [0.15, 0.2) is 0 Å².